The Hall–Kier alpha value is -2.39. The summed E-state index contributed by atoms with van der Waals surface area (Å²) in [6.07, 6.45) is 1.69. The quantitative estimate of drug-likeness (QED) is 0.427. The van der Waals surface area contributed by atoms with Crippen LogP contribution in [0.4, 0.5) is 0 Å². The second-order valence-corrected chi connectivity index (χ2v) is 7.34. The predicted molar refractivity (Wildman–Crippen MR) is 110 cm³/mol. The highest BCUT2D eigenvalue weighted by Crippen LogP contribution is 2.29. The first-order valence-electron chi connectivity index (χ1n) is 8.23. The third-order valence-corrected chi connectivity index (χ3v) is 6.25. The van der Waals surface area contributed by atoms with Crippen LogP contribution in [0.1, 0.15) is 6.92 Å². The molecule has 138 valence electrons. The Morgan fingerprint density at radius 3 is 2.52 bits per heavy atom. The molecule has 0 N–H and O–H groups in total. The van der Waals surface area contributed by atoms with Gasteiger partial charge in [-0.25, -0.2) is 14.3 Å². The third kappa shape index (κ3) is 3.00. The Balaban J connectivity index is 1.73. The van der Waals surface area contributed by atoms with Crippen LogP contribution in [0, 0.1) is 0 Å². The van der Waals surface area contributed by atoms with Gasteiger partial charge in [-0.05, 0) is 75.2 Å². The van der Waals surface area contributed by atoms with Gasteiger partial charge >= 0.3 is 11.7 Å². The number of rotatable bonds is 4. The van der Waals surface area contributed by atoms with Crippen LogP contribution >= 0.6 is 31.9 Å². The molecule has 0 unspecified atom stereocenters. The first-order chi connectivity index (χ1) is 13.0. The molecular weight excluding hydrogens is 478 g/mol. The summed E-state index contributed by atoms with van der Waals surface area (Å²) in [5.41, 5.74) is 2.06. The van der Waals surface area contributed by atoms with E-state index in [-0.39, 0.29) is 5.69 Å². The molecule has 0 fully saturated rings. The van der Waals surface area contributed by atoms with Gasteiger partial charge in [-0.2, -0.15) is 4.98 Å². The molecule has 4 aromatic rings. The summed E-state index contributed by atoms with van der Waals surface area (Å²) < 4.78 is 12.4. The topological polar surface area (TPSA) is 66.9 Å². The Kier molecular flexibility index (Phi) is 4.65. The van der Waals surface area contributed by atoms with Crippen LogP contribution in [0.3, 0.4) is 0 Å². The number of halogens is 2. The van der Waals surface area contributed by atoms with Crippen LogP contribution in [0.15, 0.2) is 56.6 Å². The monoisotopic (exact) mass is 491 g/mol. The molecule has 0 saturated carbocycles. The highest BCUT2D eigenvalue weighted by Gasteiger charge is 2.15. The van der Waals surface area contributed by atoms with Gasteiger partial charge in [0.1, 0.15) is 15.0 Å². The molecule has 0 spiro atoms. The number of fused-ring (bicyclic) bond motifs is 1. The lowest BCUT2D eigenvalue weighted by molar-refractivity contribution is 0.423. The average molecular weight is 493 g/mol. The van der Waals surface area contributed by atoms with Crippen molar-refractivity contribution in [2.75, 3.05) is 0 Å². The van der Waals surface area contributed by atoms with E-state index in [1.54, 1.807) is 32.0 Å². The van der Waals surface area contributed by atoms with Crippen molar-refractivity contribution in [1.82, 2.24) is 23.7 Å². The molecule has 1 aromatic carbocycles. The number of aromatic nitrogens is 5. The molecule has 0 aliphatic carbocycles. The third-order valence-electron chi connectivity index (χ3n) is 4.26. The summed E-state index contributed by atoms with van der Waals surface area (Å²) in [6, 6.07) is 11.4. The zero-order chi connectivity index (χ0) is 19.1. The average Bonchev–Trinajstić information content (AvgIpc) is 3.10. The molecule has 4 rings (SSSR count). The number of hydrogen-bond donors (Lipinski definition) is 0. The molecule has 7 nitrogen and oxygen atoms in total. The molecule has 0 aliphatic heterocycles. The van der Waals surface area contributed by atoms with Crippen LogP contribution in [-0.4, -0.2) is 23.7 Å². The lowest BCUT2D eigenvalue weighted by atomic mass is 10.3. The number of nitrogens with zero attached hydrogens (tertiary/aromatic N) is 5. The molecule has 3 aromatic heterocycles. The fraction of sp³-hybridized carbons (Fsp3) is 0.167. The summed E-state index contributed by atoms with van der Waals surface area (Å²) in [7, 11) is 1.84. The van der Waals surface area contributed by atoms with Crippen molar-refractivity contribution in [2.24, 2.45) is 7.05 Å². The van der Waals surface area contributed by atoms with E-state index in [4.69, 9.17) is 4.74 Å². The van der Waals surface area contributed by atoms with Gasteiger partial charge in [-0.1, -0.05) is 0 Å². The minimum atomic E-state index is -0.114. The lowest BCUT2D eigenvalue weighted by Gasteiger charge is -2.07. The van der Waals surface area contributed by atoms with E-state index in [9.17, 15) is 4.79 Å². The van der Waals surface area contributed by atoms with E-state index in [1.807, 2.05) is 38.2 Å². The maximum absolute atomic E-state index is 12.8. The van der Waals surface area contributed by atoms with Crippen molar-refractivity contribution in [3.05, 3.63) is 62.3 Å². The molecule has 0 bridgehead atoms. The summed E-state index contributed by atoms with van der Waals surface area (Å²) in [5.74, 6) is 0.618. The fourth-order valence-corrected chi connectivity index (χ4v) is 3.57. The van der Waals surface area contributed by atoms with Crippen LogP contribution in [0.2, 0.25) is 0 Å². The fourth-order valence-electron chi connectivity index (χ4n) is 2.91. The molecule has 27 heavy (non-hydrogen) atoms. The van der Waals surface area contributed by atoms with Crippen molar-refractivity contribution >= 4 is 43.0 Å². The number of imidazole rings is 2. The second kappa shape index (κ2) is 6.97. The molecule has 9 heteroatoms. The molecule has 0 saturated heterocycles. The highest BCUT2D eigenvalue weighted by atomic mass is 79.9. The summed E-state index contributed by atoms with van der Waals surface area (Å²) in [4.78, 5) is 21.5. The number of pyridine rings is 1. The van der Waals surface area contributed by atoms with Gasteiger partial charge in [0, 0.05) is 19.8 Å². The smallest absolute Gasteiger partial charge is 0.334 e. The first-order valence-corrected chi connectivity index (χ1v) is 9.82. The zero-order valence-electron chi connectivity index (χ0n) is 14.6. The van der Waals surface area contributed by atoms with Gasteiger partial charge < -0.3 is 4.74 Å². The summed E-state index contributed by atoms with van der Waals surface area (Å²) in [6.45, 7) is 2.52. The summed E-state index contributed by atoms with van der Waals surface area (Å²) >= 11 is 6.78. The minimum Gasteiger partial charge on any atom is -0.425 e. The first kappa shape index (κ1) is 18.0. The van der Waals surface area contributed by atoms with E-state index in [1.165, 1.54) is 0 Å². The number of ether oxygens (including phenoxy) is 1. The maximum atomic E-state index is 12.8. The van der Waals surface area contributed by atoms with Gasteiger partial charge in [-0.3, -0.25) is 9.13 Å². The number of hydrogen-bond acceptors (Lipinski definition) is 4. The van der Waals surface area contributed by atoms with Crippen molar-refractivity contribution in [1.29, 1.82) is 0 Å². The van der Waals surface area contributed by atoms with Crippen LogP contribution in [0.25, 0.3) is 16.9 Å². The van der Waals surface area contributed by atoms with Gasteiger partial charge in [-0.15, -0.1) is 0 Å². The molecule has 0 radical (unpaired) electrons. The zero-order valence-corrected chi connectivity index (χ0v) is 17.7. The van der Waals surface area contributed by atoms with E-state index >= 15 is 0 Å². The van der Waals surface area contributed by atoms with Gasteiger partial charge in [0.05, 0.1) is 11.2 Å². The molecule has 0 amide bonds. The standard InChI is InChI=1S/C18H15Br2N5O2/c1-3-24-13-5-4-10-21-16(13)25(18(24)26)11-6-8-12(9-7-11)27-17-22-14(19)15(20)23(17)2/h4-10H,3H2,1-2H3. The number of aryl methyl sites for hydroxylation is 1. The van der Waals surface area contributed by atoms with E-state index < -0.39 is 0 Å². The summed E-state index contributed by atoms with van der Waals surface area (Å²) in [5, 5.41) is 0. The minimum absolute atomic E-state index is 0.114. The molecule has 0 atom stereocenters. The Labute approximate surface area is 171 Å². The van der Waals surface area contributed by atoms with Gasteiger partial charge in [0.25, 0.3) is 0 Å². The number of benzene rings is 1. The van der Waals surface area contributed by atoms with Gasteiger partial charge in [0.2, 0.25) is 0 Å². The largest absolute Gasteiger partial charge is 0.425 e. The molecule has 0 aliphatic rings. The molecular formula is C18H15Br2N5O2. The normalized spacial score (nSPS) is 11.3. The van der Waals surface area contributed by atoms with Crippen molar-refractivity contribution in [3.8, 4) is 17.4 Å². The van der Waals surface area contributed by atoms with Crippen LogP contribution < -0.4 is 10.4 Å². The predicted octanol–water partition coefficient (Wildman–Crippen LogP) is 4.26. The van der Waals surface area contributed by atoms with Crippen molar-refractivity contribution in [2.45, 2.75) is 13.5 Å². The van der Waals surface area contributed by atoms with E-state index in [0.29, 0.717) is 28.6 Å². The van der Waals surface area contributed by atoms with E-state index in [2.05, 4.69) is 41.8 Å². The lowest BCUT2D eigenvalue weighted by Crippen LogP contribution is -2.22. The SMILES string of the molecule is CCn1c(=O)n(-c2ccc(Oc3nc(Br)c(Br)n3C)cc2)c2ncccc21. The van der Waals surface area contributed by atoms with Crippen LogP contribution in [-0.2, 0) is 13.6 Å². The Morgan fingerprint density at radius 2 is 1.89 bits per heavy atom. The molecule has 3 heterocycles. The Bertz CT molecular complexity index is 1190. The highest BCUT2D eigenvalue weighted by molar-refractivity contribution is 9.13. The van der Waals surface area contributed by atoms with E-state index in [0.717, 1.165) is 15.8 Å². The van der Waals surface area contributed by atoms with Gasteiger partial charge in [0.15, 0.2) is 5.65 Å². The maximum Gasteiger partial charge on any atom is 0.334 e. The van der Waals surface area contributed by atoms with Crippen molar-refractivity contribution < 1.29 is 4.74 Å². The van der Waals surface area contributed by atoms with Crippen molar-refractivity contribution in [3.63, 3.8) is 0 Å². The second-order valence-electron chi connectivity index (χ2n) is 5.84. The Morgan fingerprint density at radius 1 is 1.15 bits per heavy atom. The van der Waals surface area contributed by atoms with Crippen LogP contribution in [0.5, 0.6) is 11.8 Å².